The molecule has 1 aromatic carbocycles. The molecule has 0 unspecified atom stereocenters. The summed E-state index contributed by atoms with van der Waals surface area (Å²) in [7, 11) is 0.584. The molecule has 1 aliphatic rings. The van der Waals surface area contributed by atoms with Crippen LogP contribution in [-0.4, -0.2) is 72.4 Å². The molecule has 0 aliphatic carbocycles. The number of nitrogens with one attached hydrogen (secondary N) is 2. The third kappa shape index (κ3) is 7.38. The summed E-state index contributed by atoms with van der Waals surface area (Å²) in [5.74, 6) is -2.39. The van der Waals surface area contributed by atoms with Crippen LogP contribution < -0.4 is 15.4 Å². The van der Waals surface area contributed by atoms with Gasteiger partial charge in [-0.25, -0.2) is 9.37 Å². The number of aromatic nitrogens is 2. The Hall–Kier alpha value is -2.80. The van der Waals surface area contributed by atoms with E-state index in [1.54, 1.807) is 0 Å². The summed E-state index contributed by atoms with van der Waals surface area (Å²) in [6.07, 6.45) is 4.31. The van der Waals surface area contributed by atoms with Crippen molar-refractivity contribution < 1.29 is 32.8 Å². The topological polar surface area (TPSA) is 121 Å². The lowest BCUT2D eigenvalue weighted by Crippen LogP contribution is -2.56. The highest BCUT2D eigenvalue weighted by Crippen LogP contribution is 2.38. The van der Waals surface area contributed by atoms with E-state index in [-0.39, 0.29) is 36.1 Å². The molecule has 2 atom stereocenters. The van der Waals surface area contributed by atoms with E-state index in [4.69, 9.17) is 30.4 Å². The number of ether oxygens (including phenoxy) is 2. The molecule has 3 rings (SSSR count). The molecule has 1 aromatic heterocycles. The molecule has 2 heterocycles. The van der Waals surface area contributed by atoms with Crippen molar-refractivity contribution in [2.45, 2.75) is 57.3 Å². The second kappa shape index (κ2) is 12.2. The van der Waals surface area contributed by atoms with Crippen molar-refractivity contribution in [3.8, 4) is 5.75 Å². The lowest BCUT2D eigenvalue weighted by molar-refractivity contribution is -0.124. The van der Waals surface area contributed by atoms with Crippen molar-refractivity contribution in [1.82, 2.24) is 20.6 Å². The Morgan fingerprint density at radius 3 is 2.46 bits per heavy atom. The zero-order valence-electron chi connectivity index (χ0n) is 21.4. The third-order valence-electron chi connectivity index (χ3n) is 6.26. The molecular weight excluding hydrogens is 506 g/mol. The molecular formula is C24H31BClFN4O6. The fourth-order valence-corrected chi connectivity index (χ4v) is 3.66. The molecule has 0 radical (unpaired) electrons. The van der Waals surface area contributed by atoms with Crippen LogP contribution >= 0.6 is 11.6 Å². The van der Waals surface area contributed by atoms with Crippen molar-refractivity contribution in [3.63, 3.8) is 0 Å². The summed E-state index contributed by atoms with van der Waals surface area (Å²) in [6.45, 7) is 7.50. The van der Waals surface area contributed by atoms with Gasteiger partial charge in [0, 0.05) is 30.9 Å². The summed E-state index contributed by atoms with van der Waals surface area (Å²) < 4.78 is 37.2. The Kier molecular flexibility index (Phi) is 9.46. The first-order valence-electron chi connectivity index (χ1n) is 11.7. The number of halogens is 2. The molecule has 1 fully saturated rings. The van der Waals surface area contributed by atoms with Crippen LogP contribution in [0, 0.1) is 5.82 Å². The zero-order valence-corrected chi connectivity index (χ0v) is 22.2. The van der Waals surface area contributed by atoms with E-state index in [1.165, 1.54) is 37.8 Å². The van der Waals surface area contributed by atoms with E-state index in [9.17, 15) is 14.0 Å². The van der Waals surface area contributed by atoms with Crippen LogP contribution in [0.3, 0.4) is 0 Å². The highest BCUT2D eigenvalue weighted by Gasteiger charge is 2.54. The standard InChI is InChI=1S/C24H31BClFN4O6/c1-23(2)24(3,4)37-25(36-23)20(8-11-35-19-7-6-15(26)12-16(19)27)31-22(33)18(14-34-5)30-21(32)17-13-28-9-10-29-17/h6-7,9-10,12-13,18,20H,8,11,14H2,1-5H3,(H,30,32)(H,31,33)/t18-,20-/m1/s1. The van der Waals surface area contributed by atoms with Crippen molar-refractivity contribution >= 4 is 30.5 Å². The van der Waals surface area contributed by atoms with Gasteiger partial charge in [-0.1, -0.05) is 11.6 Å². The smallest absolute Gasteiger partial charge is 0.481 e. The third-order valence-corrected chi connectivity index (χ3v) is 6.49. The van der Waals surface area contributed by atoms with Crippen LogP contribution in [0.5, 0.6) is 5.75 Å². The molecule has 37 heavy (non-hydrogen) atoms. The number of hydrogen-bond acceptors (Lipinski definition) is 8. The molecule has 0 saturated carbocycles. The number of nitrogens with zero attached hydrogens (tertiary/aromatic N) is 2. The summed E-state index contributed by atoms with van der Waals surface area (Å²) in [4.78, 5) is 33.6. The van der Waals surface area contributed by atoms with E-state index in [2.05, 4.69) is 20.6 Å². The van der Waals surface area contributed by atoms with Crippen LogP contribution in [0.15, 0.2) is 36.8 Å². The fourth-order valence-electron chi connectivity index (χ4n) is 3.50. The Labute approximate surface area is 220 Å². The fraction of sp³-hybridized carbons (Fsp3) is 0.500. The average Bonchev–Trinajstić information content (AvgIpc) is 3.06. The van der Waals surface area contributed by atoms with Gasteiger partial charge in [0.1, 0.15) is 11.7 Å². The Balaban J connectivity index is 1.73. The van der Waals surface area contributed by atoms with E-state index < -0.39 is 47.9 Å². The second-order valence-corrected chi connectivity index (χ2v) is 9.96. The normalized spacial score (nSPS) is 17.6. The van der Waals surface area contributed by atoms with Crippen molar-refractivity contribution in [2.24, 2.45) is 0 Å². The van der Waals surface area contributed by atoms with Gasteiger partial charge in [-0.15, -0.1) is 0 Å². The monoisotopic (exact) mass is 536 g/mol. The number of benzene rings is 1. The van der Waals surface area contributed by atoms with Gasteiger partial charge < -0.3 is 29.4 Å². The number of hydrogen-bond donors (Lipinski definition) is 2. The summed E-state index contributed by atoms with van der Waals surface area (Å²) >= 11 is 5.81. The molecule has 10 nitrogen and oxygen atoms in total. The van der Waals surface area contributed by atoms with Gasteiger partial charge in [0.25, 0.3) is 5.91 Å². The molecule has 2 amide bonds. The molecule has 13 heteroatoms. The van der Waals surface area contributed by atoms with Gasteiger partial charge in [-0.05, 0) is 45.9 Å². The number of rotatable bonds is 11. The molecule has 1 saturated heterocycles. The lowest BCUT2D eigenvalue weighted by Gasteiger charge is -2.32. The number of carbonyl (C=O) groups is 2. The number of carbonyl (C=O) groups excluding carboxylic acids is 2. The summed E-state index contributed by atoms with van der Waals surface area (Å²) in [5, 5.41) is 5.73. The van der Waals surface area contributed by atoms with Gasteiger partial charge in [0.2, 0.25) is 5.91 Å². The second-order valence-electron chi connectivity index (χ2n) is 9.52. The van der Waals surface area contributed by atoms with Crippen LogP contribution in [0.4, 0.5) is 4.39 Å². The molecule has 2 N–H and O–H groups in total. The minimum absolute atomic E-state index is 0.0249. The summed E-state index contributed by atoms with van der Waals surface area (Å²) in [6, 6.07) is 3.05. The Bertz CT molecular complexity index is 1080. The van der Waals surface area contributed by atoms with Crippen LogP contribution in [0.2, 0.25) is 5.02 Å². The van der Waals surface area contributed by atoms with E-state index in [0.717, 1.165) is 6.07 Å². The first-order valence-corrected chi connectivity index (χ1v) is 12.1. The molecule has 0 spiro atoms. The van der Waals surface area contributed by atoms with E-state index in [1.807, 2.05) is 27.7 Å². The molecule has 0 bridgehead atoms. The van der Waals surface area contributed by atoms with E-state index in [0.29, 0.717) is 0 Å². The van der Waals surface area contributed by atoms with Gasteiger partial charge in [-0.3, -0.25) is 14.6 Å². The quantitative estimate of drug-likeness (QED) is 0.421. The predicted molar refractivity (Wildman–Crippen MR) is 135 cm³/mol. The lowest BCUT2D eigenvalue weighted by atomic mass is 9.76. The van der Waals surface area contributed by atoms with Crippen LogP contribution in [-0.2, 0) is 18.8 Å². The van der Waals surface area contributed by atoms with Crippen molar-refractivity contribution in [2.75, 3.05) is 20.3 Å². The van der Waals surface area contributed by atoms with Gasteiger partial charge in [0.15, 0.2) is 11.6 Å². The highest BCUT2D eigenvalue weighted by atomic mass is 35.5. The van der Waals surface area contributed by atoms with Crippen LogP contribution in [0.25, 0.3) is 0 Å². The minimum Gasteiger partial charge on any atom is -0.490 e. The maximum absolute atomic E-state index is 14.1. The maximum atomic E-state index is 14.1. The highest BCUT2D eigenvalue weighted by molar-refractivity contribution is 6.48. The number of methoxy groups -OCH3 is 1. The number of amides is 2. The predicted octanol–water partition coefficient (Wildman–Crippen LogP) is 2.60. The first-order chi connectivity index (χ1) is 17.4. The SMILES string of the molecule is COC[C@@H](NC(=O)c1cnccn1)C(=O)N[C@H](CCOc1ccc(Cl)cc1F)B1OC(C)(C)C(C)(C)O1. The first kappa shape index (κ1) is 28.8. The maximum Gasteiger partial charge on any atom is 0.481 e. The van der Waals surface area contributed by atoms with Crippen LogP contribution in [0.1, 0.15) is 44.6 Å². The van der Waals surface area contributed by atoms with Crippen molar-refractivity contribution in [1.29, 1.82) is 0 Å². The minimum atomic E-state index is -1.04. The van der Waals surface area contributed by atoms with Gasteiger partial charge in [0.05, 0.1) is 36.6 Å². The Morgan fingerprint density at radius 2 is 1.86 bits per heavy atom. The summed E-state index contributed by atoms with van der Waals surface area (Å²) in [5.41, 5.74) is -1.26. The Morgan fingerprint density at radius 1 is 1.16 bits per heavy atom. The van der Waals surface area contributed by atoms with E-state index >= 15 is 0 Å². The van der Waals surface area contributed by atoms with Gasteiger partial charge in [-0.2, -0.15) is 0 Å². The van der Waals surface area contributed by atoms with Crippen molar-refractivity contribution in [3.05, 3.63) is 53.3 Å². The van der Waals surface area contributed by atoms with Gasteiger partial charge >= 0.3 is 7.12 Å². The average molecular weight is 537 g/mol. The molecule has 1 aliphatic heterocycles. The largest absolute Gasteiger partial charge is 0.490 e. The molecule has 200 valence electrons. The zero-order chi connectivity index (χ0) is 27.2. The molecule has 2 aromatic rings.